The highest BCUT2D eigenvalue weighted by Crippen LogP contribution is 2.27. The second kappa shape index (κ2) is 9.76. The zero-order valence-corrected chi connectivity index (χ0v) is 19.9. The van der Waals surface area contributed by atoms with Crippen LogP contribution in [0.25, 0.3) is 22.0 Å². The van der Waals surface area contributed by atoms with Crippen molar-refractivity contribution >= 4 is 22.5 Å². The summed E-state index contributed by atoms with van der Waals surface area (Å²) in [7, 11) is 0. The van der Waals surface area contributed by atoms with Crippen molar-refractivity contribution in [3.8, 4) is 11.1 Å². The Morgan fingerprint density at radius 2 is 1.72 bits per heavy atom. The summed E-state index contributed by atoms with van der Waals surface area (Å²) < 4.78 is 0. The summed E-state index contributed by atoms with van der Waals surface area (Å²) in [5, 5.41) is 11.1. The van der Waals surface area contributed by atoms with E-state index in [0.29, 0.717) is 5.69 Å². The number of likely N-dealkylation sites (tertiary alicyclic amines) is 1. The van der Waals surface area contributed by atoms with Gasteiger partial charge in [-0.25, -0.2) is 0 Å². The highest BCUT2D eigenvalue weighted by molar-refractivity contribution is 6.11. The molecule has 0 radical (unpaired) electrons. The van der Waals surface area contributed by atoms with Crippen molar-refractivity contribution in [3.63, 3.8) is 0 Å². The molecule has 5 aromatic rings. The van der Waals surface area contributed by atoms with Crippen LogP contribution in [0.1, 0.15) is 33.6 Å². The first-order valence-electron chi connectivity index (χ1n) is 12.3. The third kappa shape index (κ3) is 4.76. The Kier molecular flexibility index (Phi) is 6.01. The fourth-order valence-electron chi connectivity index (χ4n) is 4.68. The number of carbonyl (C=O) groups excluding carboxylic acids is 1. The Labute approximate surface area is 210 Å². The topological polar surface area (TPSA) is 73.9 Å². The molecular weight excluding hydrogens is 446 g/mol. The van der Waals surface area contributed by atoms with E-state index in [1.165, 1.54) is 17.5 Å². The van der Waals surface area contributed by atoms with Crippen LogP contribution in [0, 0.1) is 0 Å². The number of nitrogens with one attached hydrogen (secondary N) is 2. The van der Waals surface area contributed by atoms with Gasteiger partial charge < -0.3 is 5.32 Å². The van der Waals surface area contributed by atoms with Gasteiger partial charge in [0.15, 0.2) is 5.69 Å². The predicted molar refractivity (Wildman–Crippen MR) is 143 cm³/mol. The second-order valence-corrected chi connectivity index (χ2v) is 9.36. The molecule has 2 aromatic heterocycles. The van der Waals surface area contributed by atoms with E-state index in [4.69, 9.17) is 0 Å². The minimum Gasteiger partial charge on any atom is -0.321 e. The average molecular weight is 474 g/mol. The van der Waals surface area contributed by atoms with Crippen LogP contribution in [-0.2, 0) is 13.0 Å². The summed E-state index contributed by atoms with van der Waals surface area (Å²) in [6.07, 6.45) is 5.89. The van der Waals surface area contributed by atoms with Gasteiger partial charge in [0.05, 0.1) is 5.52 Å². The van der Waals surface area contributed by atoms with E-state index in [1.807, 2.05) is 67.0 Å². The van der Waals surface area contributed by atoms with Gasteiger partial charge in [-0.05, 0) is 78.5 Å². The first-order valence-corrected chi connectivity index (χ1v) is 12.3. The number of carbonyl (C=O) groups is 1. The summed E-state index contributed by atoms with van der Waals surface area (Å²) in [5.74, 6) is -0.236. The maximum atomic E-state index is 13.2. The molecule has 0 aliphatic carbocycles. The van der Waals surface area contributed by atoms with Gasteiger partial charge in [-0.2, -0.15) is 5.10 Å². The zero-order chi connectivity index (χ0) is 24.3. The van der Waals surface area contributed by atoms with Crippen molar-refractivity contribution in [2.75, 3.05) is 18.4 Å². The lowest BCUT2D eigenvalue weighted by molar-refractivity contribution is 0.102. The molecule has 0 spiro atoms. The minimum atomic E-state index is -0.236. The number of anilines is 1. The van der Waals surface area contributed by atoms with Crippen molar-refractivity contribution in [3.05, 3.63) is 114 Å². The average Bonchev–Trinajstić information content (AvgIpc) is 3.31. The van der Waals surface area contributed by atoms with Crippen molar-refractivity contribution in [1.29, 1.82) is 0 Å². The lowest BCUT2D eigenvalue weighted by Crippen LogP contribution is -2.36. The molecule has 0 bridgehead atoms. The van der Waals surface area contributed by atoms with Crippen LogP contribution in [0.3, 0.4) is 0 Å². The number of benzene rings is 3. The molecule has 1 amide bonds. The Morgan fingerprint density at radius 3 is 2.56 bits per heavy atom. The van der Waals surface area contributed by atoms with Crippen LogP contribution in [0.2, 0.25) is 0 Å². The molecule has 2 N–H and O–H groups in total. The molecule has 36 heavy (non-hydrogen) atoms. The fraction of sp³-hybridized carbons (Fsp3) is 0.167. The molecule has 0 saturated carbocycles. The Morgan fingerprint density at radius 1 is 0.861 bits per heavy atom. The normalized spacial score (nSPS) is 13.4. The van der Waals surface area contributed by atoms with Gasteiger partial charge in [-0.1, -0.05) is 48.5 Å². The molecule has 3 aromatic carbocycles. The Bertz CT molecular complexity index is 1520. The second-order valence-electron chi connectivity index (χ2n) is 9.36. The third-order valence-corrected chi connectivity index (χ3v) is 6.70. The number of fused-ring (bicyclic) bond motifs is 1. The summed E-state index contributed by atoms with van der Waals surface area (Å²) in [4.78, 5) is 20.1. The predicted octanol–water partition coefficient (Wildman–Crippen LogP) is 5.67. The highest BCUT2D eigenvalue weighted by atomic mass is 16.1. The van der Waals surface area contributed by atoms with Crippen molar-refractivity contribution in [1.82, 2.24) is 20.1 Å². The smallest absolute Gasteiger partial charge is 0.276 e. The lowest BCUT2D eigenvalue weighted by atomic mass is 10.0. The molecule has 0 atom stereocenters. The molecule has 6 rings (SSSR count). The van der Waals surface area contributed by atoms with Gasteiger partial charge in [0.2, 0.25) is 0 Å². The number of rotatable bonds is 7. The third-order valence-electron chi connectivity index (χ3n) is 6.70. The molecule has 1 aliphatic heterocycles. The van der Waals surface area contributed by atoms with E-state index in [-0.39, 0.29) is 5.91 Å². The monoisotopic (exact) mass is 473 g/mol. The van der Waals surface area contributed by atoms with Gasteiger partial charge >= 0.3 is 0 Å². The van der Waals surface area contributed by atoms with E-state index in [1.54, 1.807) is 0 Å². The van der Waals surface area contributed by atoms with Crippen molar-refractivity contribution in [2.24, 2.45) is 0 Å². The molecule has 0 unspecified atom stereocenters. The van der Waals surface area contributed by atoms with Gasteiger partial charge in [-0.15, -0.1) is 0 Å². The molecular formula is C30H27N5O. The van der Waals surface area contributed by atoms with Crippen LogP contribution in [0.15, 0.2) is 91.3 Å². The molecule has 1 aliphatic rings. The van der Waals surface area contributed by atoms with Crippen LogP contribution in [0.5, 0.6) is 0 Å². The van der Waals surface area contributed by atoms with Crippen LogP contribution >= 0.6 is 0 Å². The van der Waals surface area contributed by atoms with Gasteiger partial charge in [0.25, 0.3) is 5.91 Å². The Balaban J connectivity index is 1.23. The summed E-state index contributed by atoms with van der Waals surface area (Å²) in [6.45, 7) is 3.23. The van der Waals surface area contributed by atoms with Crippen LogP contribution in [-0.4, -0.2) is 39.1 Å². The number of H-pyrrole nitrogens is 1. The number of nitrogens with zero attached hydrogens (tertiary/aromatic N) is 3. The number of pyridine rings is 1. The molecule has 1 saturated heterocycles. The van der Waals surface area contributed by atoms with Gasteiger partial charge in [-0.3, -0.25) is 19.8 Å². The molecule has 6 heteroatoms. The number of amides is 1. The van der Waals surface area contributed by atoms with Gasteiger partial charge in [0.1, 0.15) is 0 Å². The van der Waals surface area contributed by atoms with E-state index < -0.39 is 0 Å². The number of aromatic nitrogens is 3. The highest BCUT2D eigenvalue weighted by Gasteiger charge is 2.17. The summed E-state index contributed by atoms with van der Waals surface area (Å²) in [6, 6.07) is 26.5. The van der Waals surface area contributed by atoms with Gasteiger partial charge in [0, 0.05) is 35.6 Å². The number of hydrogen-bond donors (Lipinski definition) is 2. The molecule has 1 fully saturated rings. The van der Waals surface area contributed by atoms with Crippen LogP contribution < -0.4 is 5.32 Å². The van der Waals surface area contributed by atoms with E-state index in [0.717, 1.165) is 59.3 Å². The minimum absolute atomic E-state index is 0.236. The van der Waals surface area contributed by atoms with E-state index in [2.05, 4.69) is 49.7 Å². The van der Waals surface area contributed by atoms with Crippen molar-refractivity contribution in [2.45, 2.75) is 19.4 Å². The molecule has 178 valence electrons. The summed E-state index contributed by atoms with van der Waals surface area (Å²) >= 11 is 0. The SMILES string of the molecule is O=C(Nc1cccc(Cc2ccccc2)c1)c1n[nH]c2ccc(-c3cncc(CN4CCC4)c3)cc12. The maximum absolute atomic E-state index is 13.2. The maximum Gasteiger partial charge on any atom is 0.276 e. The molecule has 6 nitrogen and oxygen atoms in total. The fourth-order valence-corrected chi connectivity index (χ4v) is 4.68. The first-order chi connectivity index (χ1) is 17.7. The quantitative estimate of drug-likeness (QED) is 0.319. The first kappa shape index (κ1) is 22.2. The van der Waals surface area contributed by atoms with E-state index >= 15 is 0 Å². The zero-order valence-electron chi connectivity index (χ0n) is 19.9. The van der Waals surface area contributed by atoms with Crippen LogP contribution in [0.4, 0.5) is 5.69 Å². The summed E-state index contributed by atoms with van der Waals surface area (Å²) in [5.41, 5.74) is 7.58. The number of hydrogen-bond acceptors (Lipinski definition) is 4. The Hall–Kier alpha value is -4.29. The standard InChI is InChI=1S/C30H27N5O/c36-30(32-26-9-4-8-22(16-26)14-21-6-2-1-3-7-21)29-27-17-24(10-11-28(27)33-34-29)25-15-23(18-31-19-25)20-35-12-5-13-35/h1-4,6-11,15-19H,5,12-14,20H2,(H,32,36)(H,33,34). The lowest BCUT2D eigenvalue weighted by Gasteiger charge is -2.30. The number of aromatic amines is 1. The van der Waals surface area contributed by atoms with Crippen molar-refractivity contribution < 1.29 is 4.79 Å². The van der Waals surface area contributed by atoms with E-state index in [9.17, 15) is 4.79 Å². The largest absolute Gasteiger partial charge is 0.321 e. The molecule has 3 heterocycles.